The summed E-state index contributed by atoms with van der Waals surface area (Å²) in [5.74, 6) is 1.51. The van der Waals surface area contributed by atoms with Crippen LogP contribution in [0.25, 0.3) is 11.3 Å². The molecule has 0 aliphatic rings. The van der Waals surface area contributed by atoms with E-state index in [-0.39, 0.29) is 11.2 Å². The molecule has 0 aliphatic heterocycles. The summed E-state index contributed by atoms with van der Waals surface area (Å²) < 4.78 is 7.24. The first-order valence-corrected chi connectivity index (χ1v) is 9.01. The lowest BCUT2D eigenvalue weighted by atomic mass is 9.95. The minimum Gasteiger partial charge on any atom is -0.507 e. The minimum absolute atomic E-state index is 0.144. The second-order valence-electron chi connectivity index (χ2n) is 6.96. The maximum absolute atomic E-state index is 10.4. The molecule has 0 aliphatic carbocycles. The lowest BCUT2D eigenvalue weighted by molar-refractivity contribution is 0.412. The predicted molar refractivity (Wildman–Crippen MR) is 102 cm³/mol. The largest absolute Gasteiger partial charge is 0.507 e. The van der Waals surface area contributed by atoms with E-state index in [1.54, 1.807) is 37.7 Å². The molecule has 0 amide bonds. The number of aryl methyl sites for hydroxylation is 1. The molecule has 0 fully saturated rings. The molecule has 0 spiro atoms. The van der Waals surface area contributed by atoms with E-state index in [2.05, 4.69) is 30.7 Å². The Morgan fingerprint density at radius 1 is 1.19 bits per heavy atom. The van der Waals surface area contributed by atoms with Crippen LogP contribution in [-0.4, -0.2) is 31.7 Å². The van der Waals surface area contributed by atoms with Crippen molar-refractivity contribution in [2.75, 3.05) is 7.11 Å². The third-order valence-electron chi connectivity index (χ3n) is 3.86. The van der Waals surface area contributed by atoms with Crippen molar-refractivity contribution in [2.24, 2.45) is 7.05 Å². The average Bonchev–Trinajstić information content (AvgIpc) is 3.00. The standard InChI is InChI=1S/C19H22N4O2S/c1-19(2,3)17-21-11-15(26-18-20-8-9-23(18)4)16(22-17)13-10-12(25-5)6-7-14(13)24/h6-11,24H,1-5H3. The minimum atomic E-state index is -0.213. The van der Waals surface area contributed by atoms with Gasteiger partial charge in [0.1, 0.15) is 17.3 Å². The topological polar surface area (TPSA) is 73.1 Å². The van der Waals surface area contributed by atoms with Crippen molar-refractivity contribution >= 4 is 11.8 Å². The normalized spacial score (nSPS) is 11.6. The van der Waals surface area contributed by atoms with E-state index < -0.39 is 0 Å². The number of hydrogen-bond donors (Lipinski definition) is 1. The molecule has 0 saturated carbocycles. The van der Waals surface area contributed by atoms with Crippen molar-refractivity contribution in [3.8, 4) is 22.8 Å². The van der Waals surface area contributed by atoms with Gasteiger partial charge in [-0.1, -0.05) is 20.8 Å². The fourth-order valence-corrected chi connectivity index (χ4v) is 3.25. The van der Waals surface area contributed by atoms with E-state index in [4.69, 9.17) is 9.72 Å². The number of aromatic hydroxyl groups is 1. The highest BCUT2D eigenvalue weighted by molar-refractivity contribution is 7.99. The summed E-state index contributed by atoms with van der Waals surface area (Å²) >= 11 is 1.46. The second-order valence-corrected chi connectivity index (χ2v) is 7.97. The molecule has 3 rings (SSSR count). The van der Waals surface area contributed by atoms with Gasteiger partial charge in [0.15, 0.2) is 5.16 Å². The fraction of sp³-hybridized carbons (Fsp3) is 0.316. The number of imidazole rings is 1. The van der Waals surface area contributed by atoms with Crippen LogP contribution in [0, 0.1) is 0 Å². The van der Waals surface area contributed by atoms with Gasteiger partial charge in [0, 0.05) is 36.6 Å². The maximum Gasteiger partial charge on any atom is 0.172 e. The highest BCUT2D eigenvalue weighted by atomic mass is 32.2. The van der Waals surface area contributed by atoms with E-state index in [0.717, 1.165) is 10.1 Å². The molecule has 2 heterocycles. The molecule has 0 radical (unpaired) electrons. The van der Waals surface area contributed by atoms with Crippen LogP contribution >= 0.6 is 11.8 Å². The van der Waals surface area contributed by atoms with Gasteiger partial charge in [-0.05, 0) is 30.0 Å². The zero-order chi connectivity index (χ0) is 18.9. The highest BCUT2D eigenvalue weighted by Gasteiger charge is 2.22. The second kappa shape index (κ2) is 6.99. The monoisotopic (exact) mass is 370 g/mol. The van der Waals surface area contributed by atoms with Crippen molar-refractivity contribution in [1.82, 2.24) is 19.5 Å². The van der Waals surface area contributed by atoms with Crippen LogP contribution in [0.3, 0.4) is 0 Å². The quantitative estimate of drug-likeness (QED) is 0.747. The molecular formula is C19H22N4O2S. The zero-order valence-electron chi connectivity index (χ0n) is 15.5. The van der Waals surface area contributed by atoms with Crippen molar-refractivity contribution < 1.29 is 9.84 Å². The van der Waals surface area contributed by atoms with Crippen LogP contribution in [-0.2, 0) is 12.5 Å². The molecule has 6 nitrogen and oxygen atoms in total. The van der Waals surface area contributed by atoms with Gasteiger partial charge in [-0.3, -0.25) is 0 Å². The Morgan fingerprint density at radius 2 is 1.96 bits per heavy atom. The molecule has 136 valence electrons. The highest BCUT2D eigenvalue weighted by Crippen LogP contribution is 2.39. The van der Waals surface area contributed by atoms with Crippen LogP contribution < -0.4 is 4.74 Å². The van der Waals surface area contributed by atoms with Gasteiger partial charge in [0.2, 0.25) is 0 Å². The molecule has 0 unspecified atom stereocenters. The van der Waals surface area contributed by atoms with E-state index >= 15 is 0 Å². The van der Waals surface area contributed by atoms with Crippen molar-refractivity contribution in [2.45, 2.75) is 36.2 Å². The van der Waals surface area contributed by atoms with E-state index in [9.17, 15) is 5.11 Å². The van der Waals surface area contributed by atoms with Crippen LogP contribution in [0.1, 0.15) is 26.6 Å². The number of nitrogens with zero attached hydrogens (tertiary/aromatic N) is 4. The molecule has 2 aromatic heterocycles. The lowest BCUT2D eigenvalue weighted by Gasteiger charge is -2.19. The number of methoxy groups -OCH3 is 1. The third-order valence-corrected chi connectivity index (χ3v) is 4.96. The molecule has 0 bridgehead atoms. The number of ether oxygens (including phenoxy) is 1. The first-order valence-electron chi connectivity index (χ1n) is 8.19. The van der Waals surface area contributed by atoms with E-state index in [1.165, 1.54) is 11.8 Å². The summed E-state index contributed by atoms with van der Waals surface area (Å²) in [7, 11) is 3.53. The van der Waals surface area contributed by atoms with Gasteiger partial charge in [-0.2, -0.15) is 0 Å². The van der Waals surface area contributed by atoms with E-state index in [0.29, 0.717) is 22.8 Å². The number of hydrogen-bond acceptors (Lipinski definition) is 6. The summed E-state index contributed by atoms with van der Waals surface area (Å²) in [6.45, 7) is 6.18. The Bertz CT molecular complexity index is 932. The molecule has 1 aromatic carbocycles. The maximum atomic E-state index is 10.4. The van der Waals surface area contributed by atoms with Crippen molar-refractivity contribution in [3.05, 3.63) is 42.6 Å². The Hall–Kier alpha value is -2.54. The van der Waals surface area contributed by atoms with Crippen LogP contribution in [0.4, 0.5) is 0 Å². The smallest absolute Gasteiger partial charge is 0.172 e. The van der Waals surface area contributed by atoms with Gasteiger partial charge < -0.3 is 14.4 Å². The number of phenolic OH excluding ortho intramolecular Hbond substituents is 1. The molecule has 26 heavy (non-hydrogen) atoms. The lowest BCUT2D eigenvalue weighted by Crippen LogP contribution is -2.16. The Balaban J connectivity index is 2.18. The summed E-state index contributed by atoms with van der Waals surface area (Å²) in [6.07, 6.45) is 5.42. The van der Waals surface area contributed by atoms with Crippen molar-refractivity contribution in [1.29, 1.82) is 0 Å². The molecule has 0 saturated heterocycles. The number of aromatic nitrogens is 4. The molecule has 0 atom stereocenters. The Kier molecular flexibility index (Phi) is 4.91. The Morgan fingerprint density at radius 3 is 2.58 bits per heavy atom. The summed E-state index contributed by atoms with van der Waals surface area (Å²) in [4.78, 5) is 14.5. The summed E-state index contributed by atoms with van der Waals surface area (Å²) in [5.41, 5.74) is 1.05. The van der Waals surface area contributed by atoms with Gasteiger partial charge in [-0.15, -0.1) is 0 Å². The number of benzene rings is 1. The van der Waals surface area contributed by atoms with Gasteiger partial charge in [-0.25, -0.2) is 15.0 Å². The summed E-state index contributed by atoms with van der Waals surface area (Å²) in [6, 6.07) is 5.12. The van der Waals surface area contributed by atoms with Crippen molar-refractivity contribution in [3.63, 3.8) is 0 Å². The predicted octanol–water partition coefficient (Wildman–Crippen LogP) is 4.04. The van der Waals surface area contributed by atoms with Gasteiger partial charge in [0.05, 0.1) is 17.7 Å². The zero-order valence-corrected chi connectivity index (χ0v) is 16.3. The van der Waals surface area contributed by atoms with E-state index in [1.807, 2.05) is 17.8 Å². The first kappa shape index (κ1) is 18.3. The van der Waals surface area contributed by atoms with Crippen LogP contribution in [0.2, 0.25) is 0 Å². The molecule has 7 heteroatoms. The average molecular weight is 370 g/mol. The summed E-state index contributed by atoms with van der Waals surface area (Å²) in [5, 5.41) is 11.3. The number of phenols is 1. The van der Waals surface area contributed by atoms with Gasteiger partial charge in [0.25, 0.3) is 0 Å². The third kappa shape index (κ3) is 3.67. The molecular weight excluding hydrogens is 348 g/mol. The van der Waals surface area contributed by atoms with Gasteiger partial charge >= 0.3 is 0 Å². The SMILES string of the molecule is COc1ccc(O)c(-c2nc(C(C)(C)C)ncc2Sc2nccn2C)c1. The van der Waals surface area contributed by atoms with Crippen LogP contribution in [0.15, 0.2) is 46.8 Å². The number of rotatable bonds is 4. The first-order chi connectivity index (χ1) is 12.3. The fourth-order valence-electron chi connectivity index (χ4n) is 2.38. The molecule has 3 aromatic rings. The Labute approximate surface area is 157 Å². The molecule has 1 N–H and O–H groups in total. The van der Waals surface area contributed by atoms with Crippen LogP contribution in [0.5, 0.6) is 11.5 Å².